The average Bonchev–Trinajstić information content (AvgIpc) is 2.87. The maximum absolute atomic E-state index is 13.7. The maximum atomic E-state index is 13.7. The van der Waals surface area contributed by atoms with E-state index in [1.54, 1.807) is 6.92 Å². The van der Waals surface area contributed by atoms with Crippen molar-refractivity contribution in [3.8, 4) is 11.3 Å². The van der Waals surface area contributed by atoms with Crippen LogP contribution < -0.4 is 0 Å². The fourth-order valence-electron chi connectivity index (χ4n) is 1.64. The summed E-state index contributed by atoms with van der Waals surface area (Å²) >= 11 is 0. The summed E-state index contributed by atoms with van der Waals surface area (Å²) < 4.78 is 56.4. The molecule has 0 fully saturated rings. The van der Waals surface area contributed by atoms with Gasteiger partial charge in [-0.15, -0.1) is 5.10 Å². The number of aromatic amines is 1. The Labute approximate surface area is 115 Å². The van der Waals surface area contributed by atoms with Gasteiger partial charge in [0.2, 0.25) is 0 Å². The van der Waals surface area contributed by atoms with Crippen molar-refractivity contribution < 1.29 is 27.1 Å². The van der Waals surface area contributed by atoms with Crippen LogP contribution in [0.1, 0.15) is 23.0 Å². The topological polar surface area (TPSA) is 67.9 Å². The molecule has 1 aromatic carbocycles. The van der Waals surface area contributed by atoms with Crippen molar-refractivity contribution in [3.63, 3.8) is 0 Å². The molecule has 5 nitrogen and oxygen atoms in total. The van der Waals surface area contributed by atoms with Gasteiger partial charge >= 0.3 is 12.1 Å². The molecule has 0 aliphatic rings. The lowest BCUT2D eigenvalue weighted by atomic mass is 10.1. The van der Waals surface area contributed by atoms with Crippen molar-refractivity contribution >= 4 is 5.97 Å². The van der Waals surface area contributed by atoms with Gasteiger partial charge in [-0.1, -0.05) is 0 Å². The predicted octanol–water partition coefficient (Wildman–Crippen LogP) is 2.81. The second-order valence-corrected chi connectivity index (χ2v) is 3.93. The molecule has 2 rings (SSSR count). The quantitative estimate of drug-likeness (QED) is 0.699. The van der Waals surface area contributed by atoms with Crippen molar-refractivity contribution in [2.45, 2.75) is 13.1 Å². The van der Waals surface area contributed by atoms with Crippen molar-refractivity contribution in [2.24, 2.45) is 0 Å². The van der Waals surface area contributed by atoms with Gasteiger partial charge in [0.05, 0.1) is 12.2 Å². The molecule has 21 heavy (non-hydrogen) atoms. The number of ether oxygens (including phenoxy) is 1. The van der Waals surface area contributed by atoms with Crippen molar-refractivity contribution in [1.82, 2.24) is 15.4 Å². The molecule has 1 aromatic heterocycles. The number of nitrogens with zero attached hydrogens (tertiary/aromatic N) is 2. The number of hydrogen-bond acceptors (Lipinski definition) is 4. The lowest BCUT2D eigenvalue weighted by molar-refractivity contribution is -0.137. The molecule has 0 saturated carbocycles. The van der Waals surface area contributed by atoms with Crippen LogP contribution in [0.25, 0.3) is 11.3 Å². The maximum Gasteiger partial charge on any atom is 0.416 e. The zero-order chi connectivity index (χ0) is 15.6. The Bertz CT molecular complexity index is 667. The van der Waals surface area contributed by atoms with Gasteiger partial charge in [0.15, 0.2) is 5.69 Å². The highest BCUT2D eigenvalue weighted by Gasteiger charge is 2.32. The number of alkyl halides is 3. The molecular weight excluding hydrogens is 294 g/mol. The molecule has 9 heteroatoms. The van der Waals surface area contributed by atoms with Crippen molar-refractivity contribution in [2.75, 3.05) is 6.61 Å². The van der Waals surface area contributed by atoms with Crippen LogP contribution in [0.5, 0.6) is 0 Å². The highest BCUT2D eigenvalue weighted by atomic mass is 19.4. The largest absolute Gasteiger partial charge is 0.461 e. The van der Waals surface area contributed by atoms with E-state index >= 15 is 0 Å². The van der Waals surface area contributed by atoms with E-state index in [1.807, 2.05) is 0 Å². The Morgan fingerprint density at radius 2 is 2.05 bits per heavy atom. The molecule has 0 unspecified atom stereocenters. The highest BCUT2D eigenvalue weighted by molar-refractivity contribution is 5.94. The summed E-state index contributed by atoms with van der Waals surface area (Å²) in [6.45, 7) is 1.58. The van der Waals surface area contributed by atoms with E-state index in [2.05, 4.69) is 20.1 Å². The SMILES string of the molecule is CCOC(=O)c1n[nH]nc1-c1cc(C(F)(F)F)ccc1F. The van der Waals surface area contributed by atoms with Crippen LogP contribution in [-0.2, 0) is 10.9 Å². The minimum atomic E-state index is -4.64. The number of rotatable bonds is 3. The zero-order valence-electron chi connectivity index (χ0n) is 10.7. The normalized spacial score (nSPS) is 11.5. The Morgan fingerprint density at radius 3 is 2.67 bits per heavy atom. The summed E-state index contributed by atoms with van der Waals surface area (Å²) in [4.78, 5) is 11.6. The summed E-state index contributed by atoms with van der Waals surface area (Å²) in [5.41, 5.74) is -2.26. The van der Waals surface area contributed by atoms with Crippen LogP contribution in [0.3, 0.4) is 0 Å². The molecular formula is C12H9F4N3O2. The number of nitrogens with one attached hydrogen (secondary N) is 1. The molecule has 112 valence electrons. The van der Waals surface area contributed by atoms with Gasteiger partial charge in [-0.25, -0.2) is 9.18 Å². The minimum Gasteiger partial charge on any atom is -0.461 e. The fraction of sp³-hybridized carbons (Fsp3) is 0.250. The van der Waals surface area contributed by atoms with E-state index in [0.717, 1.165) is 0 Å². The third kappa shape index (κ3) is 3.01. The average molecular weight is 303 g/mol. The van der Waals surface area contributed by atoms with Crippen LogP contribution in [0, 0.1) is 5.82 Å². The predicted molar refractivity (Wildman–Crippen MR) is 62.7 cm³/mol. The molecule has 0 spiro atoms. The zero-order valence-corrected chi connectivity index (χ0v) is 10.7. The smallest absolute Gasteiger partial charge is 0.416 e. The van der Waals surface area contributed by atoms with E-state index in [1.165, 1.54) is 0 Å². The third-order valence-electron chi connectivity index (χ3n) is 2.57. The van der Waals surface area contributed by atoms with Gasteiger partial charge in [-0.2, -0.15) is 23.5 Å². The van der Waals surface area contributed by atoms with Gasteiger partial charge in [0, 0.05) is 5.56 Å². The number of carbonyl (C=O) groups excluding carboxylic acids is 1. The number of esters is 1. The number of H-pyrrole nitrogens is 1. The Balaban J connectivity index is 2.52. The van der Waals surface area contributed by atoms with Crippen molar-refractivity contribution in [3.05, 3.63) is 35.3 Å². The van der Waals surface area contributed by atoms with Gasteiger partial charge in [-0.3, -0.25) is 0 Å². The molecule has 0 aliphatic carbocycles. The first kappa shape index (κ1) is 14.9. The van der Waals surface area contributed by atoms with Crippen LogP contribution in [0.2, 0.25) is 0 Å². The van der Waals surface area contributed by atoms with Crippen LogP contribution in [0.4, 0.5) is 17.6 Å². The van der Waals surface area contributed by atoms with Gasteiger partial charge < -0.3 is 4.74 Å². The summed E-state index contributed by atoms with van der Waals surface area (Å²) in [6.07, 6.45) is -4.64. The molecule has 0 amide bonds. The molecule has 0 atom stereocenters. The molecule has 1 N–H and O–H groups in total. The molecule has 1 heterocycles. The van der Waals surface area contributed by atoms with Gasteiger partial charge in [-0.05, 0) is 25.1 Å². The molecule has 0 bridgehead atoms. The minimum absolute atomic E-state index is 0.0379. The molecule has 0 radical (unpaired) electrons. The third-order valence-corrected chi connectivity index (χ3v) is 2.57. The summed E-state index contributed by atoms with van der Waals surface area (Å²) in [5.74, 6) is -1.86. The van der Waals surface area contributed by atoms with E-state index < -0.39 is 29.1 Å². The van der Waals surface area contributed by atoms with E-state index in [9.17, 15) is 22.4 Å². The van der Waals surface area contributed by atoms with E-state index in [0.29, 0.717) is 18.2 Å². The lowest BCUT2D eigenvalue weighted by Gasteiger charge is -2.09. The molecule has 2 aromatic rings. The number of aromatic nitrogens is 3. The first-order chi connectivity index (χ1) is 9.84. The summed E-state index contributed by atoms with van der Waals surface area (Å²) in [6, 6.07) is 1.82. The first-order valence-corrected chi connectivity index (χ1v) is 5.79. The molecule has 0 aliphatic heterocycles. The Kier molecular flexibility index (Phi) is 3.92. The van der Waals surface area contributed by atoms with E-state index in [-0.39, 0.29) is 18.0 Å². The summed E-state index contributed by atoms with van der Waals surface area (Å²) in [5, 5.41) is 9.09. The lowest BCUT2D eigenvalue weighted by Crippen LogP contribution is -2.08. The highest BCUT2D eigenvalue weighted by Crippen LogP contribution is 2.33. The van der Waals surface area contributed by atoms with Crippen LogP contribution >= 0.6 is 0 Å². The first-order valence-electron chi connectivity index (χ1n) is 5.79. The van der Waals surface area contributed by atoms with Crippen molar-refractivity contribution in [1.29, 1.82) is 0 Å². The number of carbonyl (C=O) groups is 1. The fourth-order valence-corrected chi connectivity index (χ4v) is 1.64. The monoisotopic (exact) mass is 303 g/mol. The molecule has 0 saturated heterocycles. The second kappa shape index (κ2) is 5.51. The van der Waals surface area contributed by atoms with Gasteiger partial charge in [0.25, 0.3) is 0 Å². The van der Waals surface area contributed by atoms with Crippen LogP contribution in [0.15, 0.2) is 18.2 Å². The Morgan fingerprint density at radius 1 is 1.33 bits per heavy atom. The number of hydrogen-bond donors (Lipinski definition) is 1. The number of benzene rings is 1. The number of halogens is 4. The Hall–Kier alpha value is -2.45. The summed E-state index contributed by atoms with van der Waals surface area (Å²) in [7, 11) is 0. The van der Waals surface area contributed by atoms with Gasteiger partial charge in [0.1, 0.15) is 11.5 Å². The standard InChI is InChI=1S/C12H9F4N3O2/c1-2-21-11(20)10-9(17-19-18-10)7-5-6(12(14,15)16)3-4-8(7)13/h3-5H,2H2,1H3,(H,17,18,19). The van der Waals surface area contributed by atoms with E-state index in [4.69, 9.17) is 0 Å². The van der Waals surface area contributed by atoms with Crippen LogP contribution in [-0.4, -0.2) is 28.0 Å². The second-order valence-electron chi connectivity index (χ2n) is 3.93.